The van der Waals surface area contributed by atoms with E-state index in [1.165, 1.54) is 0 Å². The molecule has 0 aromatic heterocycles. The van der Waals surface area contributed by atoms with E-state index in [1.807, 2.05) is 36.4 Å². The Morgan fingerprint density at radius 2 is 1.94 bits per heavy atom. The molecule has 2 amide bonds. The Balaban J connectivity index is 1.66. The largest absolute Gasteiger partial charge is 0.490 e. The second-order valence-corrected chi connectivity index (χ2v) is 8.58. The normalized spacial score (nSPS) is 13.4. The standard InChI is InChI=1S/C24H25BrClN3O3/c1-2-9-32-21-11-16(3-4-17-5-6-20(26)13-22(17)25)10-18(12-21)23(30)28-7-8-29-24(31)19-14-27-15-19/h2-6,10-13,19,27H,1,7-9,14-15H2,(H,28,30)(H,29,31)/b4-3+. The van der Waals surface area contributed by atoms with Crippen molar-refractivity contribution >= 4 is 51.5 Å². The molecular weight excluding hydrogens is 494 g/mol. The first-order chi connectivity index (χ1) is 15.5. The predicted molar refractivity (Wildman–Crippen MR) is 132 cm³/mol. The van der Waals surface area contributed by atoms with Crippen molar-refractivity contribution in [3.63, 3.8) is 0 Å². The minimum absolute atomic E-state index is 0.0126. The molecule has 0 bridgehead atoms. The van der Waals surface area contributed by atoms with Crippen molar-refractivity contribution in [2.75, 3.05) is 32.8 Å². The average molecular weight is 519 g/mol. The Hall–Kier alpha value is -2.61. The van der Waals surface area contributed by atoms with Crippen LogP contribution in [0.1, 0.15) is 21.5 Å². The molecule has 3 rings (SSSR count). The van der Waals surface area contributed by atoms with Gasteiger partial charge in [-0.2, -0.15) is 0 Å². The summed E-state index contributed by atoms with van der Waals surface area (Å²) in [6.07, 6.45) is 5.48. The third-order valence-electron chi connectivity index (χ3n) is 4.84. The summed E-state index contributed by atoms with van der Waals surface area (Å²) in [7, 11) is 0. The molecule has 2 aromatic carbocycles. The number of ether oxygens (including phenoxy) is 1. The number of hydrogen-bond acceptors (Lipinski definition) is 4. The van der Waals surface area contributed by atoms with Crippen molar-refractivity contribution < 1.29 is 14.3 Å². The van der Waals surface area contributed by atoms with Crippen LogP contribution in [0.25, 0.3) is 12.2 Å². The second kappa shape index (κ2) is 11.9. The first-order valence-electron chi connectivity index (χ1n) is 10.2. The quantitative estimate of drug-likeness (QED) is 0.253. The number of hydrogen-bond donors (Lipinski definition) is 3. The van der Waals surface area contributed by atoms with Crippen LogP contribution in [0.15, 0.2) is 53.5 Å². The van der Waals surface area contributed by atoms with Gasteiger partial charge < -0.3 is 20.7 Å². The highest BCUT2D eigenvalue weighted by molar-refractivity contribution is 9.10. The summed E-state index contributed by atoms with van der Waals surface area (Å²) in [6.45, 7) is 6.13. The van der Waals surface area contributed by atoms with Crippen LogP contribution in [-0.2, 0) is 4.79 Å². The van der Waals surface area contributed by atoms with Crippen LogP contribution >= 0.6 is 27.5 Å². The van der Waals surface area contributed by atoms with Crippen LogP contribution < -0.4 is 20.7 Å². The van der Waals surface area contributed by atoms with E-state index in [4.69, 9.17) is 16.3 Å². The lowest BCUT2D eigenvalue weighted by Gasteiger charge is -2.25. The molecule has 3 N–H and O–H groups in total. The van der Waals surface area contributed by atoms with Crippen LogP contribution in [0.4, 0.5) is 0 Å². The fourth-order valence-electron chi connectivity index (χ4n) is 2.99. The van der Waals surface area contributed by atoms with Gasteiger partial charge in [-0.05, 0) is 41.5 Å². The van der Waals surface area contributed by atoms with Gasteiger partial charge in [-0.25, -0.2) is 0 Å². The van der Waals surface area contributed by atoms with Crippen LogP contribution in [0.5, 0.6) is 5.75 Å². The zero-order chi connectivity index (χ0) is 22.9. The summed E-state index contributed by atoms with van der Waals surface area (Å²) in [5.74, 6) is 0.368. The molecule has 2 aromatic rings. The number of rotatable bonds is 10. The number of carbonyl (C=O) groups excluding carboxylic acids is 2. The van der Waals surface area contributed by atoms with Crippen LogP contribution in [0, 0.1) is 5.92 Å². The molecule has 0 atom stereocenters. The van der Waals surface area contributed by atoms with Crippen molar-refractivity contribution in [3.8, 4) is 5.75 Å². The molecule has 1 aliphatic heterocycles. The van der Waals surface area contributed by atoms with Gasteiger partial charge in [0.2, 0.25) is 5.91 Å². The van der Waals surface area contributed by atoms with E-state index in [9.17, 15) is 9.59 Å². The number of benzene rings is 2. The van der Waals surface area contributed by atoms with E-state index in [0.717, 1.165) is 15.6 Å². The van der Waals surface area contributed by atoms with E-state index in [0.29, 0.717) is 49.1 Å². The highest BCUT2D eigenvalue weighted by Gasteiger charge is 2.24. The van der Waals surface area contributed by atoms with Crippen LogP contribution in [0.3, 0.4) is 0 Å². The highest BCUT2D eigenvalue weighted by Crippen LogP contribution is 2.25. The van der Waals surface area contributed by atoms with Gasteiger partial charge in [0.1, 0.15) is 12.4 Å². The fourth-order valence-corrected chi connectivity index (χ4v) is 3.81. The predicted octanol–water partition coefficient (Wildman–Crippen LogP) is 3.90. The molecule has 0 saturated carbocycles. The van der Waals surface area contributed by atoms with Crippen LogP contribution in [-0.4, -0.2) is 44.6 Å². The minimum atomic E-state index is -0.240. The van der Waals surface area contributed by atoms with E-state index < -0.39 is 0 Å². The van der Waals surface area contributed by atoms with Crippen molar-refractivity contribution in [2.24, 2.45) is 5.92 Å². The van der Waals surface area contributed by atoms with Gasteiger partial charge in [0.15, 0.2) is 0 Å². The van der Waals surface area contributed by atoms with Gasteiger partial charge in [-0.15, -0.1) is 0 Å². The molecule has 1 aliphatic rings. The zero-order valence-electron chi connectivity index (χ0n) is 17.5. The lowest BCUT2D eigenvalue weighted by atomic mass is 10.0. The molecule has 8 heteroatoms. The summed E-state index contributed by atoms with van der Waals surface area (Å²) in [5, 5.41) is 9.38. The Bertz CT molecular complexity index is 1020. The molecule has 1 heterocycles. The molecule has 0 unspecified atom stereocenters. The van der Waals surface area contributed by atoms with Gasteiger partial charge in [0.05, 0.1) is 5.92 Å². The number of amides is 2. The van der Waals surface area contributed by atoms with E-state index >= 15 is 0 Å². The highest BCUT2D eigenvalue weighted by atomic mass is 79.9. The Kier molecular flexibility index (Phi) is 8.90. The lowest BCUT2D eigenvalue weighted by molar-refractivity contribution is -0.126. The molecule has 0 aliphatic carbocycles. The molecule has 0 radical (unpaired) electrons. The summed E-state index contributed by atoms with van der Waals surface area (Å²) in [4.78, 5) is 24.5. The van der Waals surface area contributed by atoms with Crippen LogP contribution in [0.2, 0.25) is 5.02 Å². The molecule has 1 fully saturated rings. The molecule has 1 saturated heterocycles. The second-order valence-electron chi connectivity index (χ2n) is 7.29. The number of nitrogens with one attached hydrogen (secondary N) is 3. The number of halogens is 2. The van der Waals surface area contributed by atoms with Crippen molar-refractivity contribution in [1.29, 1.82) is 0 Å². The van der Waals surface area contributed by atoms with E-state index in [2.05, 4.69) is 38.5 Å². The number of carbonyl (C=O) groups is 2. The van der Waals surface area contributed by atoms with E-state index in [-0.39, 0.29) is 17.7 Å². The maximum Gasteiger partial charge on any atom is 0.251 e. The van der Waals surface area contributed by atoms with E-state index in [1.54, 1.807) is 18.2 Å². The zero-order valence-corrected chi connectivity index (χ0v) is 19.8. The maximum absolute atomic E-state index is 12.7. The summed E-state index contributed by atoms with van der Waals surface area (Å²) in [6, 6.07) is 10.9. The Morgan fingerprint density at radius 3 is 2.62 bits per heavy atom. The topological polar surface area (TPSA) is 79.5 Å². The Morgan fingerprint density at radius 1 is 1.16 bits per heavy atom. The SMILES string of the molecule is C=CCOc1cc(/C=C/c2ccc(Cl)cc2Br)cc(C(=O)NCCNC(=O)C2CNC2)c1. The summed E-state index contributed by atoms with van der Waals surface area (Å²) in [5.41, 5.74) is 2.23. The maximum atomic E-state index is 12.7. The molecular formula is C24H25BrClN3O3. The molecule has 168 valence electrons. The first-order valence-corrected chi connectivity index (χ1v) is 11.4. The van der Waals surface area contributed by atoms with Gasteiger partial charge in [-0.1, -0.05) is 58.4 Å². The third kappa shape index (κ3) is 6.95. The molecule has 32 heavy (non-hydrogen) atoms. The lowest BCUT2D eigenvalue weighted by Crippen LogP contribution is -2.51. The van der Waals surface area contributed by atoms with Gasteiger partial charge in [0, 0.05) is 41.2 Å². The summed E-state index contributed by atoms with van der Waals surface area (Å²) >= 11 is 9.51. The van der Waals surface area contributed by atoms with Gasteiger partial charge >= 0.3 is 0 Å². The van der Waals surface area contributed by atoms with Crippen molar-refractivity contribution in [3.05, 3.63) is 75.2 Å². The van der Waals surface area contributed by atoms with Crippen molar-refractivity contribution in [2.45, 2.75) is 0 Å². The van der Waals surface area contributed by atoms with Gasteiger partial charge in [0.25, 0.3) is 5.91 Å². The van der Waals surface area contributed by atoms with Gasteiger partial charge in [-0.3, -0.25) is 9.59 Å². The first kappa shape index (κ1) is 24.0. The molecule has 0 spiro atoms. The van der Waals surface area contributed by atoms with Crippen molar-refractivity contribution in [1.82, 2.24) is 16.0 Å². The third-order valence-corrected chi connectivity index (χ3v) is 5.76. The average Bonchev–Trinajstić information content (AvgIpc) is 2.73. The smallest absolute Gasteiger partial charge is 0.251 e. The summed E-state index contributed by atoms with van der Waals surface area (Å²) < 4.78 is 6.53. The minimum Gasteiger partial charge on any atom is -0.490 e. The fraction of sp³-hybridized carbons (Fsp3) is 0.250. The monoisotopic (exact) mass is 517 g/mol. The Labute approximate surface area is 201 Å². The molecule has 6 nitrogen and oxygen atoms in total.